The molecule has 0 spiro atoms. The zero-order valence-electron chi connectivity index (χ0n) is 13.3. The first-order chi connectivity index (χ1) is 11.5. The summed E-state index contributed by atoms with van der Waals surface area (Å²) in [6.45, 7) is 0.175. The molecule has 2 aromatic rings. The maximum Gasteiger partial charge on any atom is 0.319 e. The highest BCUT2D eigenvalue weighted by Crippen LogP contribution is 2.27. The third-order valence-corrected chi connectivity index (χ3v) is 3.60. The van der Waals surface area contributed by atoms with Crippen LogP contribution in [0.2, 0.25) is 5.02 Å². The Hall–Kier alpha value is -2.31. The van der Waals surface area contributed by atoms with Crippen molar-refractivity contribution < 1.29 is 18.7 Å². The molecule has 0 aliphatic carbocycles. The molecule has 2 N–H and O–H groups in total. The number of rotatable bonds is 6. The minimum absolute atomic E-state index is 0.175. The first kappa shape index (κ1) is 18.0. The fraction of sp³-hybridized carbons (Fsp3) is 0.235. The number of ether oxygens (including phenoxy) is 2. The topological polar surface area (TPSA) is 59.6 Å². The van der Waals surface area contributed by atoms with Gasteiger partial charge in [0.15, 0.2) is 0 Å². The molecule has 1 atom stereocenters. The van der Waals surface area contributed by atoms with Gasteiger partial charge in [0, 0.05) is 18.7 Å². The van der Waals surface area contributed by atoms with Crippen molar-refractivity contribution in [3.8, 4) is 5.75 Å². The van der Waals surface area contributed by atoms with Crippen LogP contribution in [0.3, 0.4) is 0 Å². The van der Waals surface area contributed by atoms with E-state index in [1.807, 2.05) is 0 Å². The molecule has 7 heteroatoms. The summed E-state index contributed by atoms with van der Waals surface area (Å²) in [6.07, 6.45) is -0.465. The van der Waals surface area contributed by atoms with E-state index in [4.69, 9.17) is 21.1 Å². The Morgan fingerprint density at radius 2 is 2.04 bits per heavy atom. The van der Waals surface area contributed by atoms with Crippen molar-refractivity contribution in [3.05, 3.63) is 58.9 Å². The lowest BCUT2D eigenvalue weighted by Crippen LogP contribution is -2.33. The number of methoxy groups -OCH3 is 2. The van der Waals surface area contributed by atoms with E-state index in [1.54, 1.807) is 30.3 Å². The maximum absolute atomic E-state index is 13.3. The van der Waals surface area contributed by atoms with Gasteiger partial charge in [0.05, 0.1) is 18.9 Å². The summed E-state index contributed by atoms with van der Waals surface area (Å²) in [7, 11) is 2.99. The van der Waals surface area contributed by atoms with Crippen LogP contribution in [0.25, 0.3) is 0 Å². The van der Waals surface area contributed by atoms with Crippen LogP contribution in [-0.4, -0.2) is 26.8 Å². The van der Waals surface area contributed by atoms with E-state index < -0.39 is 12.1 Å². The van der Waals surface area contributed by atoms with Crippen LogP contribution >= 0.6 is 11.6 Å². The lowest BCUT2D eigenvalue weighted by Gasteiger charge is -2.17. The van der Waals surface area contributed by atoms with Gasteiger partial charge in [0.2, 0.25) is 0 Å². The lowest BCUT2D eigenvalue weighted by atomic mass is 10.1. The zero-order valence-corrected chi connectivity index (χ0v) is 14.1. The number of nitrogens with one attached hydrogen (secondary N) is 2. The van der Waals surface area contributed by atoms with Gasteiger partial charge in [0.25, 0.3) is 0 Å². The van der Waals surface area contributed by atoms with Crippen molar-refractivity contribution in [2.75, 3.05) is 26.1 Å². The average Bonchev–Trinajstić information content (AvgIpc) is 2.56. The number of carbonyl (C=O) groups is 1. The molecule has 0 aromatic heterocycles. The van der Waals surface area contributed by atoms with E-state index in [0.29, 0.717) is 22.0 Å². The monoisotopic (exact) mass is 352 g/mol. The number of halogens is 2. The Morgan fingerprint density at radius 1 is 1.25 bits per heavy atom. The Morgan fingerprint density at radius 3 is 2.71 bits per heavy atom. The molecule has 128 valence electrons. The normalized spacial score (nSPS) is 11.7. The number of carbonyl (C=O) groups excluding carboxylic acids is 1. The predicted molar refractivity (Wildman–Crippen MR) is 91.2 cm³/mol. The average molecular weight is 353 g/mol. The molecule has 2 rings (SSSR count). The minimum atomic E-state index is -0.465. The van der Waals surface area contributed by atoms with E-state index in [0.717, 1.165) is 0 Å². The molecule has 0 bridgehead atoms. The van der Waals surface area contributed by atoms with Crippen molar-refractivity contribution in [3.63, 3.8) is 0 Å². The summed E-state index contributed by atoms with van der Waals surface area (Å²) in [6, 6.07) is 10.5. The molecule has 0 radical (unpaired) electrons. The van der Waals surface area contributed by atoms with Crippen molar-refractivity contribution >= 4 is 23.3 Å². The molecule has 24 heavy (non-hydrogen) atoms. The third kappa shape index (κ3) is 4.84. The van der Waals surface area contributed by atoms with Crippen LogP contribution in [0, 0.1) is 5.82 Å². The second-order valence-electron chi connectivity index (χ2n) is 4.96. The van der Waals surface area contributed by atoms with E-state index in [1.165, 1.54) is 26.4 Å². The molecule has 0 aliphatic heterocycles. The maximum atomic E-state index is 13.3. The van der Waals surface area contributed by atoms with Crippen LogP contribution < -0.4 is 15.4 Å². The molecule has 0 aliphatic rings. The SMILES string of the molecule is COc1ccc(Cl)cc1NC(=O)NC[C@@H](OC)c1cccc(F)c1. The summed E-state index contributed by atoms with van der Waals surface area (Å²) < 4.78 is 23.8. The standard InChI is InChI=1S/C17H18ClFN2O3/c1-23-15-7-6-12(18)9-14(15)21-17(22)20-10-16(24-2)11-4-3-5-13(19)8-11/h3-9,16H,10H2,1-2H3,(H2,20,21,22)/t16-/m1/s1. The number of amides is 2. The molecular weight excluding hydrogens is 335 g/mol. The fourth-order valence-electron chi connectivity index (χ4n) is 2.17. The second-order valence-corrected chi connectivity index (χ2v) is 5.40. The third-order valence-electron chi connectivity index (χ3n) is 3.36. The Kier molecular flexibility index (Phi) is 6.40. The molecule has 0 saturated heterocycles. The predicted octanol–water partition coefficient (Wildman–Crippen LogP) is 4.00. The summed E-state index contributed by atoms with van der Waals surface area (Å²) in [5.74, 6) is 0.130. The largest absolute Gasteiger partial charge is 0.495 e. The Bertz CT molecular complexity index is 712. The van der Waals surface area contributed by atoms with Crippen LogP contribution in [0.15, 0.2) is 42.5 Å². The fourth-order valence-corrected chi connectivity index (χ4v) is 2.35. The van der Waals surface area contributed by atoms with E-state index >= 15 is 0 Å². The Balaban J connectivity index is 1.98. The second kappa shape index (κ2) is 8.52. The van der Waals surface area contributed by atoms with Crippen molar-refractivity contribution in [1.82, 2.24) is 5.32 Å². The highest BCUT2D eigenvalue weighted by molar-refractivity contribution is 6.31. The van der Waals surface area contributed by atoms with Gasteiger partial charge in [-0.2, -0.15) is 0 Å². The number of benzene rings is 2. The molecule has 5 nitrogen and oxygen atoms in total. The van der Waals surface area contributed by atoms with Gasteiger partial charge in [-0.25, -0.2) is 9.18 Å². The summed E-state index contributed by atoms with van der Waals surface area (Å²) in [4.78, 5) is 12.1. The summed E-state index contributed by atoms with van der Waals surface area (Å²) in [5, 5.41) is 5.80. The first-order valence-corrected chi connectivity index (χ1v) is 7.58. The lowest BCUT2D eigenvalue weighted by molar-refractivity contribution is 0.104. The van der Waals surface area contributed by atoms with E-state index in [2.05, 4.69) is 10.6 Å². The van der Waals surface area contributed by atoms with Gasteiger partial charge < -0.3 is 20.1 Å². The van der Waals surface area contributed by atoms with Gasteiger partial charge in [-0.15, -0.1) is 0 Å². The van der Waals surface area contributed by atoms with Gasteiger partial charge in [-0.1, -0.05) is 23.7 Å². The van der Waals surface area contributed by atoms with Crippen molar-refractivity contribution in [2.24, 2.45) is 0 Å². The molecule has 2 aromatic carbocycles. The van der Waals surface area contributed by atoms with Gasteiger partial charge >= 0.3 is 6.03 Å². The number of hydrogen-bond donors (Lipinski definition) is 2. The molecule has 0 saturated carbocycles. The van der Waals surface area contributed by atoms with Crippen LogP contribution in [-0.2, 0) is 4.74 Å². The molecule has 0 heterocycles. The smallest absolute Gasteiger partial charge is 0.319 e. The Labute approximate surface area is 144 Å². The summed E-state index contributed by atoms with van der Waals surface area (Å²) in [5.41, 5.74) is 1.08. The van der Waals surface area contributed by atoms with E-state index in [-0.39, 0.29) is 12.4 Å². The van der Waals surface area contributed by atoms with Gasteiger partial charge in [-0.3, -0.25) is 0 Å². The minimum Gasteiger partial charge on any atom is -0.495 e. The molecule has 2 amide bonds. The molecular formula is C17H18ClFN2O3. The van der Waals surface area contributed by atoms with Crippen LogP contribution in [0.5, 0.6) is 5.75 Å². The quantitative estimate of drug-likeness (QED) is 0.826. The highest BCUT2D eigenvalue weighted by Gasteiger charge is 2.14. The zero-order chi connectivity index (χ0) is 17.5. The van der Waals surface area contributed by atoms with Crippen LogP contribution in [0.1, 0.15) is 11.7 Å². The van der Waals surface area contributed by atoms with Gasteiger partial charge in [0.1, 0.15) is 11.6 Å². The molecule has 0 unspecified atom stereocenters. The number of anilines is 1. The number of hydrogen-bond acceptors (Lipinski definition) is 3. The molecule has 0 fully saturated rings. The number of urea groups is 1. The van der Waals surface area contributed by atoms with E-state index in [9.17, 15) is 9.18 Å². The van der Waals surface area contributed by atoms with Crippen LogP contribution in [0.4, 0.5) is 14.9 Å². The first-order valence-electron chi connectivity index (χ1n) is 7.20. The van der Waals surface area contributed by atoms with Crippen molar-refractivity contribution in [1.29, 1.82) is 0 Å². The highest BCUT2D eigenvalue weighted by atomic mass is 35.5. The van der Waals surface area contributed by atoms with Gasteiger partial charge in [-0.05, 0) is 35.9 Å². The summed E-state index contributed by atoms with van der Waals surface area (Å²) >= 11 is 5.92. The van der Waals surface area contributed by atoms with Crippen molar-refractivity contribution in [2.45, 2.75) is 6.10 Å².